The van der Waals surface area contributed by atoms with Crippen molar-refractivity contribution in [3.8, 4) is 0 Å². The Morgan fingerprint density at radius 1 is 1.29 bits per heavy atom. The van der Waals surface area contributed by atoms with Crippen LogP contribution in [0.5, 0.6) is 0 Å². The summed E-state index contributed by atoms with van der Waals surface area (Å²) in [4.78, 5) is 11.5. The van der Waals surface area contributed by atoms with Gasteiger partial charge in [0.2, 0.25) is 5.91 Å². The van der Waals surface area contributed by atoms with Crippen molar-refractivity contribution < 1.29 is 4.79 Å². The van der Waals surface area contributed by atoms with Crippen LogP contribution in [0.15, 0.2) is 24.3 Å². The molecule has 1 fully saturated rings. The number of amides is 1. The molecule has 0 spiro atoms. The minimum Gasteiger partial charge on any atom is -0.376 e. The Morgan fingerprint density at radius 2 is 2.00 bits per heavy atom. The molecule has 0 heterocycles. The summed E-state index contributed by atoms with van der Waals surface area (Å²) >= 11 is 0. The standard InChI is InChI=1S/C14H20N2O/c1-2-11-5-7-13(8-6-11)15-10-14(17)16-9-12-3-4-12/h5-8,12,15H,2-4,9-10H2,1H3,(H,16,17). The van der Waals surface area contributed by atoms with Gasteiger partial charge < -0.3 is 10.6 Å². The highest BCUT2D eigenvalue weighted by Crippen LogP contribution is 2.27. The van der Waals surface area contributed by atoms with Crippen LogP contribution in [-0.2, 0) is 11.2 Å². The normalized spacial score (nSPS) is 14.4. The first kappa shape index (κ1) is 12.0. The summed E-state index contributed by atoms with van der Waals surface area (Å²) in [5.74, 6) is 0.819. The number of hydrogen-bond acceptors (Lipinski definition) is 2. The highest BCUT2D eigenvalue weighted by Gasteiger charge is 2.21. The number of nitrogens with one attached hydrogen (secondary N) is 2. The molecule has 17 heavy (non-hydrogen) atoms. The molecule has 92 valence electrons. The molecule has 3 nitrogen and oxygen atoms in total. The predicted octanol–water partition coefficient (Wildman–Crippen LogP) is 2.19. The van der Waals surface area contributed by atoms with Gasteiger partial charge in [0.05, 0.1) is 6.54 Å². The Morgan fingerprint density at radius 3 is 2.59 bits per heavy atom. The number of hydrogen-bond donors (Lipinski definition) is 2. The zero-order valence-electron chi connectivity index (χ0n) is 10.3. The predicted molar refractivity (Wildman–Crippen MR) is 70.0 cm³/mol. The first-order valence-electron chi connectivity index (χ1n) is 6.37. The molecule has 1 aromatic rings. The van der Waals surface area contributed by atoms with Gasteiger partial charge in [-0.3, -0.25) is 4.79 Å². The number of aryl methyl sites for hydroxylation is 1. The molecule has 0 aliphatic heterocycles. The third kappa shape index (κ3) is 4.10. The van der Waals surface area contributed by atoms with Crippen molar-refractivity contribution in [1.29, 1.82) is 0 Å². The highest BCUT2D eigenvalue weighted by molar-refractivity contribution is 5.80. The van der Waals surface area contributed by atoms with E-state index < -0.39 is 0 Å². The van der Waals surface area contributed by atoms with Gasteiger partial charge in [0.25, 0.3) is 0 Å². The second-order valence-corrected chi connectivity index (χ2v) is 4.65. The number of benzene rings is 1. The Bertz CT molecular complexity index is 368. The molecule has 1 aromatic carbocycles. The lowest BCUT2D eigenvalue weighted by molar-refractivity contribution is -0.119. The second-order valence-electron chi connectivity index (χ2n) is 4.65. The smallest absolute Gasteiger partial charge is 0.239 e. The van der Waals surface area contributed by atoms with Crippen LogP contribution in [0, 0.1) is 5.92 Å². The average Bonchev–Trinajstić information content (AvgIpc) is 3.18. The zero-order valence-corrected chi connectivity index (χ0v) is 10.3. The summed E-state index contributed by atoms with van der Waals surface area (Å²) in [6.45, 7) is 3.33. The first-order chi connectivity index (χ1) is 8.28. The van der Waals surface area contributed by atoms with Crippen LogP contribution >= 0.6 is 0 Å². The lowest BCUT2D eigenvalue weighted by atomic mass is 10.1. The van der Waals surface area contributed by atoms with Gasteiger partial charge in [-0.25, -0.2) is 0 Å². The van der Waals surface area contributed by atoms with E-state index in [0.29, 0.717) is 6.54 Å². The summed E-state index contributed by atoms with van der Waals surface area (Å²) in [6.07, 6.45) is 3.58. The van der Waals surface area contributed by atoms with Crippen molar-refractivity contribution >= 4 is 11.6 Å². The number of carbonyl (C=O) groups excluding carboxylic acids is 1. The fraction of sp³-hybridized carbons (Fsp3) is 0.500. The molecule has 1 saturated carbocycles. The molecule has 0 radical (unpaired) electrons. The number of rotatable bonds is 6. The third-order valence-corrected chi connectivity index (χ3v) is 3.10. The molecule has 2 N–H and O–H groups in total. The molecule has 0 unspecified atom stereocenters. The van der Waals surface area contributed by atoms with Crippen molar-refractivity contribution in [1.82, 2.24) is 5.32 Å². The Hall–Kier alpha value is -1.51. The summed E-state index contributed by atoms with van der Waals surface area (Å²) in [6, 6.07) is 8.22. The zero-order chi connectivity index (χ0) is 12.1. The minimum absolute atomic E-state index is 0.0801. The largest absolute Gasteiger partial charge is 0.376 e. The van der Waals surface area contributed by atoms with E-state index in [4.69, 9.17) is 0 Å². The van der Waals surface area contributed by atoms with E-state index in [1.165, 1.54) is 18.4 Å². The van der Waals surface area contributed by atoms with Gasteiger partial charge in [0.1, 0.15) is 0 Å². The lowest BCUT2D eigenvalue weighted by Gasteiger charge is -2.07. The van der Waals surface area contributed by atoms with E-state index >= 15 is 0 Å². The quantitative estimate of drug-likeness (QED) is 0.789. The Kier molecular flexibility index (Phi) is 4.02. The van der Waals surface area contributed by atoms with E-state index in [-0.39, 0.29) is 5.91 Å². The van der Waals surface area contributed by atoms with Crippen LogP contribution in [0.25, 0.3) is 0 Å². The SMILES string of the molecule is CCc1ccc(NCC(=O)NCC2CC2)cc1. The molecule has 1 aliphatic rings. The number of anilines is 1. The Labute approximate surface area is 103 Å². The monoisotopic (exact) mass is 232 g/mol. The average molecular weight is 232 g/mol. The highest BCUT2D eigenvalue weighted by atomic mass is 16.1. The molecule has 1 amide bonds. The molecule has 0 bridgehead atoms. The maximum absolute atomic E-state index is 11.5. The van der Waals surface area contributed by atoms with Crippen molar-refractivity contribution in [2.45, 2.75) is 26.2 Å². The van der Waals surface area contributed by atoms with Crippen molar-refractivity contribution in [2.75, 3.05) is 18.4 Å². The van der Waals surface area contributed by atoms with Gasteiger partial charge >= 0.3 is 0 Å². The summed E-state index contributed by atoms with van der Waals surface area (Å²) in [7, 11) is 0. The lowest BCUT2D eigenvalue weighted by Crippen LogP contribution is -2.31. The summed E-state index contributed by atoms with van der Waals surface area (Å²) in [5.41, 5.74) is 2.32. The third-order valence-electron chi connectivity index (χ3n) is 3.10. The maximum atomic E-state index is 11.5. The van der Waals surface area contributed by atoms with Crippen molar-refractivity contribution in [3.63, 3.8) is 0 Å². The molecule has 3 heteroatoms. The van der Waals surface area contributed by atoms with E-state index in [9.17, 15) is 4.79 Å². The van der Waals surface area contributed by atoms with Crippen LogP contribution in [0.2, 0.25) is 0 Å². The summed E-state index contributed by atoms with van der Waals surface area (Å²) in [5, 5.41) is 6.06. The van der Waals surface area contributed by atoms with Gasteiger partial charge in [0, 0.05) is 12.2 Å². The molecule has 0 atom stereocenters. The topological polar surface area (TPSA) is 41.1 Å². The van der Waals surface area contributed by atoms with Crippen LogP contribution in [0.1, 0.15) is 25.3 Å². The summed E-state index contributed by atoms with van der Waals surface area (Å²) < 4.78 is 0. The van der Waals surface area contributed by atoms with Crippen LogP contribution in [0.4, 0.5) is 5.69 Å². The van der Waals surface area contributed by atoms with Crippen LogP contribution in [-0.4, -0.2) is 19.0 Å². The van der Waals surface area contributed by atoms with Gasteiger partial charge in [-0.15, -0.1) is 0 Å². The fourth-order valence-electron chi connectivity index (χ4n) is 1.68. The van der Waals surface area contributed by atoms with E-state index in [0.717, 1.165) is 24.6 Å². The van der Waals surface area contributed by atoms with E-state index in [2.05, 4.69) is 29.7 Å². The van der Waals surface area contributed by atoms with E-state index in [1.54, 1.807) is 0 Å². The van der Waals surface area contributed by atoms with Crippen LogP contribution < -0.4 is 10.6 Å². The fourth-order valence-corrected chi connectivity index (χ4v) is 1.68. The first-order valence-corrected chi connectivity index (χ1v) is 6.37. The molecule has 2 rings (SSSR count). The minimum atomic E-state index is 0.0801. The molecular formula is C14H20N2O. The van der Waals surface area contributed by atoms with E-state index in [1.807, 2.05) is 12.1 Å². The van der Waals surface area contributed by atoms with Gasteiger partial charge in [-0.05, 0) is 42.9 Å². The van der Waals surface area contributed by atoms with Gasteiger partial charge in [-0.2, -0.15) is 0 Å². The van der Waals surface area contributed by atoms with Gasteiger partial charge in [0.15, 0.2) is 0 Å². The molecule has 0 saturated heterocycles. The Balaban J connectivity index is 1.70. The van der Waals surface area contributed by atoms with Crippen LogP contribution in [0.3, 0.4) is 0 Å². The van der Waals surface area contributed by atoms with Crippen molar-refractivity contribution in [3.05, 3.63) is 29.8 Å². The van der Waals surface area contributed by atoms with Crippen molar-refractivity contribution in [2.24, 2.45) is 5.92 Å². The number of carbonyl (C=O) groups is 1. The second kappa shape index (κ2) is 5.71. The van der Waals surface area contributed by atoms with Gasteiger partial charge in [-0.1, -0.05) is 19.1 Å². The maximum Gasteiger partial charge on any atom is 0.239 e. The molecule has 0 aromatic heterocycles. The molecule has 1 aliphatic carbocycles. The molecular weight excluding hydrogens is 212 g/mol.